The summed E-state index contributed by atoms with van der Waals surface area (Å²) in [6.45, 7) is 0.431. The van der Waals surface area contributed by atoms with Crippen molar-refractivity contribution in [3.8, 4) is 0 Å². The Morgan fingerprint density at radius 1 is 1.50 bits per heavy atom. The first kappa shape index (κ1) is 9.72. The van der Waals surface area contributed by atoms with Crippen LogP contribution in [0.25, 0.3) is 0 Å². The lowest BCUT2D eigenvalue weighted by molar-refractivity contribution is -0.862. The third-order valence-electron chi connectivity index (χ3n) is 0.953. The molecule has 0 aliphatic carbocycles. The fraction of sp³-hybridized carbons (Fsp3) is 0.833. The van der Waals surface area contributed by atoms with Crippen molar-refractivity contribution < 1.29 is 9.28 Å². The van der Waals surface area contributed by atoms with Gasteiger partial charge in [-0.1, -0.05) is 0 Å². The number of carbonyl (C=O) groups is 1. The molecule has 0 unspecified atom stereocenters. The fourth-order valence-electron chi connectivity index (χ4n) is 0.503. The molecule has 0 aliphatic rings. The van der Waals surface area contributed by atoms with E-state index in [0.717, 1.165) is 4.42 Å². The molecule has 0 aliphatic heterocycles. The Hall–Kier alpha value is -0.280. The Balaban J connectivity index is 3.81. The first-order chi connectivity index (χ1) is 4.33. The topological polar surface area (TPSA) is 20.3 Å². The van der Waals surface area contributed by atoms with E-state index in [1.54, 1.807) is 7.05 Å². The van der Waals surface area contributed by atoms with Gasteiger partial charge in [0.15, 0.2) is 6.54 Å². The van der Waals surface area contributed by atoms with Crippen LogP contribution in [0.1, 0.15) is 0 Å². The van der Waals surface area contributed by atoms with Crippen molar-refractivity contribution in [2.24, 2.45) is 0 Å². The van der Waals surface area contributed by atoms with Crippen molar-refractivity contribution in [3.05, 3.63) is 0 Å². The lowest BCUT2D eigenvalue weighted by Crippen LogP contribution is -2.42. The summed E-state index contributed by atoms with van der Waals surface area (Å²) in [7, 11) is 7.37. The summed E-state index contributed by atoms with van der Waals surface area (Å²) in [4.78, 5) is 10.9. The largest absolute Gasteiger partial charge is 0.323 e. The lowest BCUT2D eigenvalue weighted by atomic mass is 10.5. The second-order valence-electron chi connectivity index (χ2n) is 3.32. The number of carbonyl (C=O) groups excluding carboxylic acids is 1. The summed E-state index contributed by atoms with van der Waals surface area (Å²) >= 11 is 5.41. The molecule has 0 saturated carbocycles. The minimum atomic E-state index is -0.0610. The van der Waals surface area contributed by atoms with E-state index in [2.05, 4.69) is 0 Å². The molecule has 0 aromatic carbocycles. The summed E-state index contributed by atoms with van der Waals surface area (Å²) in [5.41, 5.74) is 0. The minimum absolute atomic E-state index is 0.0610. The van der Waals surface area contributed by atoms with E-state index in [1.165, 1.54) is 0 Å². The van der Waals surface area contributed by atoms with Gasteiger partial charge in [-0.15, -0.1) is 0 Å². The summed E-state index contributed by atoms with van der Waals surface area (Å²) in [5, 5.41) is 0. The van der Waals surface area contributed by atoms with E-state index in [1.807, 2.05) is 21.1 Å². The van der Waals surface area contributed by atoms with Gasteiger partial charge in [0, 0.05) is 18.8 Å². The molecule has 0 saturated heterocycles. The van der Waals surface area contributed by atoms with Crippen molar-refractivity contribution in [3.63, 3.8) is 0 Å². The van der Waals surface area contributed by atoms with E-state index in [4.69, 9.17) is 11.8 Å². The van der Waals surface area contributed by atoms with E-state index in [0.29, 0.717) is 11.0 Å². The maximum absolute atomic E-state index is 10.9. The lowest BCUT2D eigenvalue weighted by Gasteiger charge is -2.23. The van der Waals surface area contributed by atoms with Crippen LogP contribution in [0.4, 0.5) is 0 Å². The van der Waals surface area contributed by atoms with Gasteiger partial charge in [0.1, 0.15) is 0 Å². The van der Waals surface area contributed by atoms with Crippen LogP contribution in [0.2, 0.25) is 0 Å². The van der Waals surface area contributed by atoms with Crippen LogP contribution >= 0.6 is 11.8 Å². The van der Waals surface area contributed by atoms with Gasteiger partial charge in [0.25, 0.3) is 5.91 Å². The second-order valence-corrected chi connectivity index (χ2v) is 3.83. The average molecular weight is 166 g/mol. The van der Waals surface area contributed by atoms with Crippen LogP contribution < -0.4 is 0 Å². The predicted octanol–water partition coefficient (Wildman–Crippen LogP) is 0.305. The van der Waals surface area contributed by atoms with Crippen LogP contribution in [0.15, 0.2) is 0 Å². The summed E-state index contributed by atoms with van der Waals surface area (Å²) < 4.78 is 1.69. The quantitative estimate of drug-likeness (QED) is 0.426. The Labute approximate surface area is 66.9 Å². The number of quaternary nitrogens is 1. The molecule has 3 nitrogen and oxygen atoms in total. The van der Waals surface area contributed by atoms with Gasteiger partial charge >= 0.3 is 0 Å². The number of halogens is 1. The van der Waals surface area contributed by atoms with Crippen LogP contribution in [0.5, 0.6) is 0 Å². The molecule has 0 heterocycles. The zero-order valence-electron chi connectivity index (χ0n) is 6.89. The van der Waals surface area contributed by atoms with Gasteiger partial charge in [0.2, 0.25) is 0 Å². The maximum Gasteiger partial charge on any atom is 0.291 e. The highest BCUT2D eigenvalue weighted by atomic mass is 35.5. The Morgan fingerprint density at radius 3 is 2.00 bits per heavy atom. The summed E-state index contributed by atoms with van der Waals surface area (Å²) in [6, 6.07) is 0. The van der Waals surface area contributed by atoms with Gasteiger partial charge in [0.05, 0.1) is 21.1 Å². The average Bonchev–Trinajstić information content (AvgIpc) is 1.60. The number of rotatable bonds is 2. The van der Waals surface area contributed by atoms with Crippen LogP contribution in [-0.4, -0.2) is 49.5 Å². The van der Waals surface area contributed by atoms with E-state index in [-0.39, 0.29) is 5.91 Å². The first-order valence-corrected chi connectivity index (χ1v) is 3.39. The normalized spacial score (nSPS) is 11.3. The highest BCUT2D eigenvalue weighted by Crippen LogP contribution is 1.95. The monoisotopic (exact) mass is 165 g/mol. The zero-order valence-corrected chi connectivity index (χ0v) is 7.64. The zero-order chi connectivity index (χ0) is 8.36. The number of hydrogen-bond donors (Lipinski definition) is 0. The Kier molecular flexibility index (Phi) is 3.12. The third kappa shape index (κ3) is 4.58. The highest BCUT2D eigenvalue weighted by Gasteiger charge is 2.16. The van der Waals surface area contributed by atoms with Crippen molar-refractivity contribution in [2.75, 3.05) is 34.7 Å². The van der Waals surface area contributed by atoms with E-state index >= 15 is 0 Å². The molecular formula is C6H14ClN2O+. The van der Waals surface area contributed by atoms with Crippen molar-refractivity contribution in [1.82, 2.24) is 4.42 Å². The van der Waals surface area contributed by atoms with E-state index in [9.17, 15) is 4.79 Å². The molecule has 0 radical (unpaired) electrons. The molecular weight excluding hydrogens is 152 g/mol. The van der Waals surface area contributed by atoms with Crippen molar-refractivity contribution in [1.29, 1.82) is 0 Å². The maximum atomic E-state index is 10.9. The SMILES string of the molecule is CN(Cl)C(=O)C[N+](C)(C)C. The standard InChI is InChI=1S/C6H14ClN2O/c1-8(7)6(10)5-9(2,3)4/h5H2,1-4H3/q+1. The molecule has 10 heavy (non-hydrogen) atoms. The third-order valence-corrected chi connectivity index (χ3v) is 1.14. The van der Waals surface area contributed by atoms with Crippen molar-refractivity contribution >= 4 is 17.7 Å². The van der Waals surface area contributed by atoms with Crippen LogP contribution in [0, 0.1) is 0 Å². The highest BCUT2D eigenvalue weighted by molar-refractivity contribution is 6.21. The molecule has 0 spiro atoms. The molecule has 0 atom stereocenters. The smallest absolute Gasteiger partial charge is 0.291 e. The fourth-order valence-corrected chi connectivity index (χ4v) is 0.557. The first-order valence-electron chi connectivity index (χ1n) is 3.06. The molecule has 1 amide bonds. The molecule has 60 valence electrons. The predicted molar refractivity (Wildman–Crippen MR) is 41.5 cm³/mol. The van der Waals surface area contributed by atoms with Crippen LogP contribution in [0.3, 0.4) is 0 Å². The van der Waals surface area contributed by atoms with Gasteiger partial charge in [-0.25, -0.2) is 0 Å². The molecule has 4 heteroatoms. The Bertz CT molecular complexity index is 128. The van der Waals surface area contributed by atoms with Gasteiger partial charge < -0.3 is 4.48 Å². The number of likely N-dealkylation sites (N-methyl/N-ethyl adjacent to an activating group) is 2. The van der Waals surface area contributed by atoms with Gasteiger partial charge in [-0.05, 0) is 0 Å². The minimum Gasteiger partial charge on any atom is -0.323 e. The molecule has 0 fully saturated rings. The van der Waals surface area contributed by atoms with Crippen molar-refractivity contribution in [2.45, 2.75) is 0 Å². The Morgan fingerprint density at radius 2 is 1.90 bits per heavy atom. The molecule has 0 aromatic rings. The van der Waals surface area contributed by atoms with Gasteiger partial charge in [-0.2, -0.15) is 0 Å². The van der Waals surface area contributed by atoms with Crippen LogP contribution in [-0.2, 0) is 4.79 Å². The number of nitrogens with zero attached hydrogens (tertiary/aromatic N) is 2. The number of amides is 1. The number of hydrogen-bond acceptors (Lipinski definition) is 1. The second kappa shape index (κ2) is 3.21. The van der Waals surface area contributed by atoms with E-state index < -0.39 is 0 Å². The summed E-state index contributed by atoms with van der Waals surface area (Å²) in [6.07, 6.45) is 0. The molecule has 0 N–H and O–H groups in total. The molecule has 0 aromatic heterocycles. The summed E-state index contributed by atoms with van der Waals surface area (Å²) in [5.74, 6) is -0.0610. The molecule has 0 rings (SSSR count). The van der Waals surface area contributed by atoms with Gasteiger partial charge in [-0.3, -0.25) is 9.21 Å². The molecule has 0 bridgehead atoms.